The van der Waals surface area contributed by atoms with Crippen molar-refractivity contribution in [1.82, 2.24) is 20.5 Å². The largest absolute Gasteiger partial charge is 0.355 e. The molecule has 0 radical (unpaired) electrons. The Kier molecular flexibility index (Phi) is 6.96. The number of hydrogen-bond acceptors (Lipinski definition) is 6. The molecule has 1 N–H and O–H groups in total. The van der Waals surface area contributed by atoms with E-state index in [9.17, 15) is 4.79 Å². The van der Waals surface area contributed by atoms with Crippen molar-refractivity contribution in [2.75, 3.05) is 18.0 Å². The van der Waals surface area contributed by atoms with Gasteiger partial charge in [0, 0.05) is 47.3 Å². The number of aromatic nitrogens is 3. The van der Waals surface area contributed by atoms with Gasteiger partial charge >= 0.3 is 0 Å². The number of carbonyl (C=O) groups excluding carboxylic acids is 1. The average Bonchev–Trinajstić information content (AvgIpc) is 2.80. The Bertz CT molecular complexity index is 961. The molecule has 154 valence electrons. The Hall–Kier alpha value is -2.45. The number of halogens is 1. The Labute approximate surface area is 188 Å². The standard InChI is InChI=1S/C22H22BrN5OS/c23-18-3-5-19(6-4-18)30-21-8-7-20(26-27-21)28-12-9-17(10-13-28)22(29)25-15-16-2-1-11-24-14-16/h1-8,11,14,17H,9-10,12-13,15H2,(H,25,29). The highest BCUT2D eigenvalue weighted by Crippen LogP contribution is 2.28. The molecular formula is C22H22BrN5OS. The lowest BCUT2D eigenvalue weighted by Gasteiger charge is -2.31. The maximum absolute atomic E-state index is 12.5. The Morgan fingerprint density at radius 1 is 1.10 bits per heavy atom. The zero-order valence-electron chi connectivity index (χ0n) is 16.4. The molecule has 8 heteroatoms. The summed E-state index contributed by atoms with van der Waals surface area (Å²) in [6.07, 6.45) is 5.14. The number of pyridine rings is 1. The molecule has 3 heterocycles. The fraction of sp³-hybridized carbons (Fsp3) is 0.273. The van der Waals surface area contributed by atoms with Crippen LogP contribution in [0.5, 0.6) is 0 Å². The number of benzene rings is 1. The van der Waals surface area contributed by atoms with Crippen molar-refractivity contribution in [3.8, 4) is 0 Å². The summed E-state index contributed by atoms with van der Waals surface area (Å²) >= 11 is 5.04. The third kappa shape index (κ3) is 5.58. The molecule has 1 saturated heterocycles. The van der Waals surface area contributed by atoms with Crippen molar-refractivity contribution in [3.63, 3.8) is 0 Å². The van der Waals surface area contributed by atoms with Gasteiger partial charge in [0.2, 0.25) is 5.91 Å². The van der Waals surface area contributed by atoms with E-state index in [2.05, 4.69) is 53.5 Å². The molecule has 4 rings (SSSR count). The van der Waals surface area contributed by atoms with E-state index in [1.165, 1.54) is 0 Å². The van der Waals surface area contributed by atoms with Crippen LogP contribution in [0.2, 0.25) is 0 Å². The molecule has 1 fully saturated rings. The molecule has 1 aliphatic heterocycles. The van der Waals surface area contributed by atoms with E-state index in [-0.39, 0.29) is 11.8 Å². The molecule has 1 amide bonds. The molecule has 3 aromatic rings. The molecule has 0 bridgehead atoms. The summed E-state index contributed by atoms with van der Waals surface area (Å²) in [5, 5.41) is 12.7. The predicted molar refractivity (Wildman–Crippen MR) is 121 cm³/mol. The first-order valence-electron chi connectivity index (χ1n) is 9.86. The molecule has 1 aliphatic rings. The fourth-order valence-electron chi connectivity index (χ4n) is 3.37. The lowest BCUT2D eigenvalue weighted by atomic mass is 9.96. The molecule has 6 nitrogen and oxygen atoms in total. The Balaban J connectivity index is 1.26. The van der Waals surface area contributed by atoms with Gasteiger partial charge in [-0.05, 0) is 60.9 Å². The molecule has 0 unspecified atom stereocenters. The first-order chi connectivity index (χ1) is 14.7. The van der Waals surface area contributed by atoms with Gasteiger partial charge in [-0.25, -0.2) is 0 Å². The van der Waals surface area contributed by atoms with Gasteiger partial charge in [-0.1, -0.05) is 33.8 Å². The van der Waals surface area contributed by atoms with Crippen LogP contribution in [0.25, 0.3) is 0 Å². The molecule has 30 heavy (non-hydrogen) atoms. The second-order valence-corrected chi connectivity index (χ2v) is 9.14. The van der Waals surface area contributed by atoms with E-state index < -0.39 is 0 Å². The fourth-order valence-corrected chi connectivity index (χ4v) is 4.36. The lowest BCUT2D eigenvalue weighted by Crippen LogP contribution is -2.40. The van der Waals surface area contributed by atoms with E-state index in [4.69, 9.17) is 0 Å². The minimum absolute atomic E-state index is 0.0399. The maximum Gasteiger partial charge on any atom is 0.223 e. The summed E-state index contributed by atoms with van der Waals surface area (Å²) in [7, 11) is 0. The van der Waals surface area contributed by atoms with Crippen LogP contribution in [0.3, 0.4) is 0 Å². The van der Waals surface area contributed by atoms with Gasteiger partial charge in [-0.3, -0.25) is 9.78 Å². The highest BCUT2D eigenvalue weighted by Gasteiger charge is 2.25. The van der Waals surface area contributed by atoms with Gasteiger partial charge in [0.05, 0.1) is 0 Å². The highest BCUT2D eigenvalue weighted by molar-refractivity contribution is 9.10. The van der Waals surface area contributed by atoms with E-state index in [0.717, 1.165) is 51.7 Å². The molecule has 1 aromatic carbocycles. The molecule has 0 spiro atoms. The zero-order valence-corrected chi connectivity index (χ0v) is 18.8. The van der Waals surface area contributed by atoms with Crippen LogP contribution in [0.4, 0.5) is 5.82 Å². The van der Waals surface area contributed by atoms with E-state index in [1.54, 1.807) is 24.2 Å². The normalized spacial score (nSPS) is 14.5. The molecule has 0 aliphatic carbocycles. The smallest absolute Gasteiger partial charge is 0.223 e. The second kappa shape index (κ2) is 10.0. The number of piperidine rings is 1. The molecular weight excluding hydrogens is 462 g/mol. The van der Waals surface area contributed by atoms with Crippen LogP contribution in [-0.2, 0) is 11.3 Å². The first kappa shape index (κ1) is 20.8. The number of rotatable bonds is 6. The minimum Gasteiger partial charge on any atom is -0.355 e. The van der Waals surface area contributed by atoms with Crippen molar-refractivity contribution < 1.29 is 4.79 Å². The Morgan fingerprint density at radius 2 is 1.90 bits per heavy atom. The Morgan fingerprint density at radius 3 is 2.57 bits per heavy atom. The quantitative estimate of drug-likeness (QED) is 0.562. The summed E-state index contributed by atoms with van der Waals surface area (Å²) in [4.78, 5) is 19.9. The van der Waals surface area contributed by atoms with Crippen LogP contribution in [0.1, 0.15) is 18.4 Å². The van der Waals surface area contributed by atoms with Gasteiger partial charge in [0.15, 0.2) is 5.82 Å². The third-order valence-electron chi connectivity index (χ3n) is 5.04. The highest BCUT2D eigenvalue weighted by atomic mass is 79.9. The number of anilines is 1. The topological polar surface area (TPSA) is 71.0 Å². The maximum atomic E-state index is 12.5. The van der Waals surface area contributed by atoms with Crippen LogP contribution < -0.4 is 10.2 Å². The van der Waals surface area contributed by atoms with Crippen LogP contribution in [0.15, 0.2) is 75.3 Å². The van der Waals surface area contributed by atoms with Gasteiger partial charge in [0.25, 0.3) is 0 Å². The van der Waals surface area contributed by atoms with E-state index in [0.29, 0.717) is 6.54 Å². The van der Waals surface area contributed by atoms with Crippen molar-refractivity contribution >= 4 is 39.4 Å². The zero-order chi connectivity index (χ0) is 20.8. The number of amides is 1. The minimum atomic E-state index is 0.0399. The predicted octanol–water partition coefficient (Wildman–Crippen LogP) is 4.32. The monoisotopic (exact) mass is 483 g/mol. The summed E-state index contributed by atoms with van der Waals surface area (Å²) in [5.74, 6) is 1.02. The first-order valence-corrected chi connectivity index (χ1v) is 11.5. The van der Waals surface area contributed by atoms with Gasteiger partial charge in [-0.15, -0.1) is 10.2 Å². The van der Waals surface area contributed by atoms with Crippen molar-refractivity contribution in [2.24, 2.45) is 5.92 Å². The number of carbonyl (C=O) groups is 1. The summed E-state index contributed by atoms with van der Waals surface area (Å²) in [6.45, 7) is 2.13. The number of hydrogen-bond donors (Lipinski definition) is 1. The number of nitrogens with one attached hydrogen (secondary N) is 1. The molecule has 2 aromatic heterocycles. The van der Waals surface area contributed by atoms with Crippen LogP contribution in [0, 0.1) is 5.92 Å². The summed E-state index contributed by atoms with van der Waals surface area (Å²) in [5.41, 5.74) is 1.01. The number of nitrogens with zero attached hydrogens (tertiary/aromatic N) is 4. The SMILES string of the molecule is O=C(NCc1cccnc1)C1CCN(c2ccc(Sc3ccc(Br)cc3)nn2)CC1. The van der Waals surface area contributed by atoms with Gasteiger partial charge in [-0.2, -0.15) is 0 Å². The van der Waals surface area contributed by atoms with Crippen molar-refractivity contribution in [3.05, 3.63) is 71.0 Å². The summed E-state index contributed by atoms with van der Waals surface area (Å²) in [6, 6.07) is 16.0. The lowest BCUT2D eigenvalue weighted by molar-refractivity contribution is -0.125. The van der Waals surface area contributed by atoms with Gasteiger partial charge in [0.1, 0.15) is 5.03 Å². The second-order valence-electron chi connectivity index (χ2n) is 7.13. The van der Waals surface area contributed by atoms with E-state index in [1.807, 2.05) is 36.4 Å². The molecule has 0 atom stereocenters. The third-order valence-corrected chi connectivity index (χ3v) is 6.50. The van der Waals surface area contributed by atoms with Crippen LogP contribution in [-0.4, -0.2) is 34.2 Å². The van der Waals surface area contributed by atoms with Gasteiger partial charge < -0.3 is 10.2 Å². The average molecular weight is 484 g/mol. The molecule has 0 saturated carbocycles. The van der Waals surface area contributed by atoms with E-state index >= 15 is 0 Å². The summed E-state index contributed by atoms with van der Waals surface area (Å²) < 4.78 is 1.06. The van der Waals surface area contributed by atoms with Crippen molar-refractivity contribution in [2.45, 2.75) is 29.3 Å². The van der Waals surface area contributed by atoms with Crippen molar-refractivity contribution in [1.29, 1.82) is 0 Å². The van der Waals surface area contributed by atoms with Crippen LogP contribution >= 0.6 is 27.7 Å².